The van der Waals surface area contributed by atoms with Crippen LogP contribution in [0, 0.1) is 0 Å². The monoisotopic (exact) mass is 300 g/mol. The number of rotatable bonds is 2. The minimum absolute atomic E-state index is 0.436. The van der Waals surface area contributed by atoms with Crippen molar-refractivity contribution < 1.29 is 4.42 Å². The van der Waals surface area contributed by atoms with Gasteiger partial charge in [0.1, 0.15) is 5.01 Å². The minimum Gasteiger partial charge on any atom is -0.408 e. The summed E-state index contributed by atoms with van der Waals surface area (Å²) in [6, 6.07) is 7.65. The number of oxazole rings is 1. The number of hydrogen-bond acceptors (Lipinski definition) is 5. The molecule has 3 aromatic heterocycles. The van der Waals surface area contributed by atoms with E-state index in [4.69, 9.17) is 4.42 Å². The quantitative estimate of drug-likeness (QED) is 0.609. The molecule has 0 atom stereocenters. The number of benzene rings is 1. The number of thiophene rings is 1. The molecular weight excluding hydrogens is 292 g/mol. The Balaban J connectivity index is 1.80. The molecule has 4 rings (SSSR count). The van der Waals surface area contributed by atoms with Crippen molar-refractivity contribution in [2.45, 2.75) is 0 Å². The average molecular weight is 300 g/mol. The van der Waals surface area contributed by atoms with Gasteiger partial charge in [-0.3, -0.25) is 4.98 Å². The number of nitrogens with one attached hydrogen (secondary N) is 1. The van der Waals surface area contributed by atoms with E-state index in [2.05, 4.69) is 21.4 Å². The van der Waals surface area contributed by atoms with Crippen molar-refractivity contribution in [3.8, 4) is 21.8 Å². The first-order chi connectivity index (χ1) is 9.79. The maximum atomic E-state index is 11.2. The SMILES string of the molecule is O=c1[nH]c2ccc(-c3csc(-c4ccsc4)n3)cc2o1. The second-order valence-electron chi connectivity index (χ2n) is 4.28. The van der Waals surface area contributed by atoms with E-state index in [1.54, 1.807) is 22.7 Å². The summed E-state index contributed by atoms with van der Waals surface area (Å²) in [6.07, 6.45) is 0. The van der Waals surface area contributed by atoms with Gasteiger partial charge in [-0.15, -0.1) is 11.3 Å². The molecule has 1 N–H and O–H groups in total. The highest BCUT2D eigenvalue weighted by Crippen LogP contribution is 2.30. The van der Waals surface area contributed by atoms with Crippen LogP contribution < -0.4 is 5.76 Å². The minimum atomic E-state index is -0.436. The zero-order valence-corrected chi connectivity index (χ0v) is 11.8. The predicted octanol–water partition coefficient (Wildman–Crippen LogP) is 3.97. The fourth-order valence-electron chi connectivity index (χ4n) is 2.03. The van der Waals surface area contributed by atoms with E-state index < -0.39 is 5.76 Å². The lowest BCUT2D eigenvalue weighted by Gasteiger charge is -1.95. The molecule has 0 aliphatic rings. The van der Waals surface area contributed by atoms with Crippen LogP contribution in [-0.2, 0) is 0 Å². The number of nitrogens with zero attached hydrogens (tertiary/aromatic N) is 1. The molecule has 4 aromatic rings. The summed E-state index contributed by atoms with van der Waals surface area (Å²) in [5.74, 6) is -0.436. The van der Waals surface area contributed by atoms with Crippen molar-refractivity contribution in [1.82, 2.24) is 9.97 Å². The Morgan fingerprint density at radius 1 is 1.15 bits per heavy atom. The third-order valence-corrected chi connectivity index (χ3v) is 4.56. The van der Waals surface area contributed by atoms with Gasteiger partial charge < -0.3 is 4.42 Å². The summed E-state index contributed by atoms with van der Waals surface area (Å²) in [5.41, 5.74) is 4.23. The number of aromatic nitrogens is 2. The van der Waals surface area contributed by atoms with Crippen LogP contribution in [0.15, 0.2) is 49.6 Å². The Morgan fingerprint density at radius 3 is 2.95 bits per heavy atom. The first kappa shape index (κ1) is 11.6. The normalized spacial score (nSPS) is 11.2. The van der Waals surface area contributed by atoms with E-state index in [0.717, 1.165) is 21.8 Å². The van der Waals surface area contributed by atoms with E-state index in [1.807, 2.05) is 29.0 Å². The Kier molecular flexibility index (Phi) is 2.58. The molecule has 0 bridgehead atoms. The lowest BCUT2D eigenvalue weighted by molar-refractivity contribution is 0.555. The first-order valence-corrected chi connectivity index (χ1v) is 7.73. The van der Waals surface area contributed by atoms with Crippen molar-refractivity contribution in [3.05, 3.63) is 51.0 Å². The summed E-state index contributed by atoms with van der Waals surface area (Å²) in [4.78, 5) is 18.4. The van der Waals surface area contributed by atoms with E-state index in [9.17, 15) is 4.79 Å². The van der Waals surface area contributed by atoms with Crippen LogP contribution >= 0.6 is 22.7 Å². The van der Waals surface area contributed by atoms with Crippen LogP contribution in [0.1, 0.15) is 0 Å². The molecule has 20 heavy (non-hydrogen) atoms. The van der Waals surface area contributed by atoms with Gasteiger partial charge in [-0.2, -0.15) is 11.3 Å². The fraction of sp³-hybridized carbons (Fsp3) is 0. The van der Waals surface area contributed by atoms with Gasteiger partial charge in [-0.25, -0.2) is 9.78 Å². The number of hydrogen-bond donors (Lipinski definition) is 1. The molecule has 0 aliphatic carbocycles. The summed E-state index contributed by atoms with van der Waals surface area (Å²) < 4.78 is 5.08. The van der Waals surface area contributed by atoms with Gasteiger partial charge in [0.2, 0.25) is 0 Å². The molecule has 0 saturated carbocycles. The average Bonchev–Trinajstić information content (AvgIpc) is 3.17. The van der Waals surface area contributed by atoms with Gasteiger partial charge in [0, 0.05) is 21.9 Å². The molecule has 4 nitrogen and oxygen atoms in total. The number of aromatic amines is 1. The van der Waals surface area contributed by atoms with Crippen molar-refractivity contribution in [2.24, 2.45) is 0 Å². The van der Waals surface area contributed by atoms with Crippen molar-refractivity contribution in [2.75, 3.05) is 0 Å². The lowest BCUT2D eigenvalue weighted by Crippen LogP contribution is -1.92. The number of H-pyrrole nitrogens is 1. The standard InChI is InChI=1S/C14H8N2O2S2/c17-14-16-10-2-1-8(5-12(10)18-14)11-7-20-13(15-11)9-3-4-19-6-9/h1-7H,(H,16,17). The largest absolute Gasteiger partial charge is 0.417 e. The molecule has 0 radical (unpaired) electrons. The van der Waals surface area contributed by atoms with Gasteiger partial charge in [0.25, 0.3) is 0 Å². The highest BCUT2D eigenvalue weighted by atomic mass is 32.1. The molecule has 0 unspecified atom stereocenters. The van der Waals surface area contributed by atoms with E-state index in [-0.39, 0.29) is 0 Å². The topological polar surface area (TPSA) is 58.9 Å². The summed E-state index contributed by atoms with van der Waals surface area (Å²) in [6.45, 7) is 0. The maximum absolute atomic E-state index is 11.2. The van der Waals surface area contributed by atoms with Crippen LogP contribution in [0.4, 0.5) is 0 Å². The van der Waals surface area contributed by atoms with Crippen molar-refractivity contribution in [1.29, 1.82) is 0 Å². The third kappa shape index (κ3) is 1.90. The number of fused-ring (bicyclic) bond motifs is 1. The first-order valence-electron chi connectivity index (χ1n) is 5.91. The van der Waals surface area contributed by atoms with Gasteiger partial charge in [0.15, 0.2) is 5.58 Å². The molecule has 0 saturated heterocycles. The predicted molar refractivity (Wildman–Crippen MR) is 81.3 cm³/mol. The van der Waals surface area contributed by atoms with E-state index in [1.165, 1.54) is 0 Å². The van der Waals surface area contributed by atoms with Gasteiger partial charge in [-0.1, -0.05) is 6.07 Å². The van der Waals surface area contributed by atoms with Crippen LogP contribution in [0.2, 0.25) is 0 Å². The zero-order valence-electron chi connectivity index (χ0n) is 10.1. The second kappa shape index (κ2) is 4.43. The van der Waals surface area contributed by atoms with Gasteiger partial charge in [0.05, 0.1) is 11.2 Å². The lowest BCUT2D eigenvalue weighted by atomic mass is 10.1. The number of thiazole rings is 1. The van der Waals surface area contributed by atoms with Crippen LogP contribution in [-0.4, -0.2) is 9.97 Å². The van der Waals surface area contributed by atoms with E-state index >= 15 is 0 Å². The van der Waals surface area contributed by atoms with Crippen LogP contribution in [0.5, 0.6) is 0 Å². The van der Waals surface area contributed by atoms with E-state index in [0.29, 0.717) is 11.1 Å². The maximum Gasteiger partial charge on any atom is 0.417 e. The molecule has 6 heteroatoms. The Bertz CT molecular complexity index is 932. The fourth-order valence-corrected chi connectivity index (χ4v) is 3.57. The molecular formula is C14H8N2O2S2. The summed E-state index contributed by atoms with van der Waals surface area (Å²) >= 11 is 3.27. The molecule has 98 valence electrons. The zero-order chi connectivity index (χ0) is 13.5. The molecule has 0 fully saturated rings. The summed E-state index contributed by atoms with van der Waals surface area (Å²) in [7, 11) is 0. The molecule has 0 aliphatic heterocycles. The highest BCUT2D eigenvalue weighted by Gasteiger charge is 2.09. The third-order valence-electron chi connectivity index (χ3n) is 2.99. The van der Waals surface area contributed by atoms with Crippen LogP contribution in [0.3, 0.4) is 0 Å². The van der Waals surface area contributed by atoms with Crippen molar-refractivity contribution in [3.63, 3.8) is 0 Å². The highest BCUT2D eigenvalue weighted by molar-refractivity contribution is 7.14. The molecule has 3 heterocycles. The molecule has 0 spiro atoms. The Hall–Kier alpha value is -2.18. The van der Waals surface area contributed by atoms with Gasteiger partial charge >= 0.3 is 5.76 Å². The smallest absolute Gasteiger partial charge is 0.408 e. The second-order valence-corrected chi connectivity index (χ2v) is 5.91. The molecule has 1 aromatic carbocycles. The van der Waals surface area contributed by atoms with Gasteiger partial charge in [-0.05, 0) is 23.6 Å². The Labute approximate surface area is 121 Å². The molecule has 0 amide bonds. The van der Waals surface area contributed by atoms with Crippen molar-refractivity contribution >= 4 is 33.8 Å². The Morgan fingerprint density at radius 2 is 2.10 bits per heavy atom. The van der Waals surface area contributed by atoms with Crippen LogP contribution in [0.25, 0.3) is 32.9 Å². The summed E-state index contributed by atoms with van der Waals surface area (Å²) in [5, 5.41) is 7.13.